The van der Waals surface area contributed by atoms with Gasteiger partial charge in [-0.3, -0.25) is 4.79 Å². The van der Waals surface area contributed by atoms with Crippen LogP contribution in [-0.2, 0) is 0 Å². The van der Waals surface area contributed by atoms with Gasteiger partial charge in [-0.25, -0.2) is 0 Å². The molecule has 1 aliphatic carbocycles. The first kappa shape index (κ1) is 12.7. The Labute approximate surface area is 106 Å². The van der Waals surface area contributed by atoms with Gasteiger partial charge in [0.05, 0.1) is 0 Å². The molecule has 0 heterocycles. The second kappa shape index (κ2) is 4.17. The van der Waals surface area contributed by atoms with E-state index in [4.69, 9.17) is 5.73 Å². The highest BCUT2D eigenvalue weighted by Gasteiger charge is 2.46. The van der Waals surface area contributed by atoms with Crippen molar-refractivity contribution < 1.29 is 15.0 Å². The van der Waals surface area contributed by atoms with E-state index in [1.165, 1.54) is 18.2 Å². The summed E-state index contributed by atoms with van der Waals surface area (Å²) < 4.78 is 0. The molecule has 0 saturated heterocycles. The van der Waals surface area contributed by atoms with E-state index >= 15 is 0 Å². The van der Waals surface area contributed by atoms with E-state index in [0.29, 0.717) is 6.42 Å². The van der Waals surface area contributed by atoms with Gasteiger partial charge < -0.3 is 21.3 Å². The molecule has 5 heteroatoms. The molecule has 2 atom stereocenters. The first-order valence-corrected chi connectivity index (χ1v) is 5.91. The lowest BCUT2D eigenvalue weighted by molar-refractivity contribution is 0.0583. The van der Waals surface area contributed by atoms with E-state index in [2.05, 4.69) is 5.32 Å². The fourth-order valence-electron chi connectivity index (χ4n) is 2.20. The number of phenolic OH excluding ortho intramolecular Hbond substituents is 2. The van der Waals surface area contributed by atoms with Crippen LogP contribution in [0.4, 0.5) is 0 Å². The largest absolute Gasteiger partial charge is 0.507 e. The molecule has 1 saturated carbocycles. The third-order valence-corrected chi connectivity index (χ3v) is 3.90. The Hall–Kier alpha value is -1.75. The summed E-state index contributed by atoms with van der Waals surface area (Å²) in [7, 11) is 0. The van der Waals surface area contributed by atoms with Gasteiger partial charge in [0.15, 0.2) is 0 Å². The number of benzene rings is 1. The monoisotopic (exact) mass is 250 g/mol. The topological polar surface area (TPSA) is 95.6 Å². The van der Waals surface area contributed by atoms with Crippen LogP contribution in [0, 0.1) is 5.41 Å². The molecule has 2 unspecified atom stereocenters. The Morgan fingerprint density at radius 1 is 1.39 bits per heavy atom. The first-order valence-electron chi connectivity index (χ1n) is 5.91. The van der Waals surface area contributed by atoms with Gasteiger partial charge in [0.1, 0.15) is 17.1 Å². The summed E-state index contributed by atoms with van der Waals surface area (Å²) in [6, 6.07) is 4.23. The second-order valence-electron chi connectivity index (χ2n) is 5.36. The molecule has 1 aliphatic rings. The molecule has 0 aliphatic heterocycles. The Morgan fingerprint density at radius 2 is 1.94 bits per heavy atom. The van der Waals surface area contributed by atoms with Crippen LogP contribution in [0.3, 0.4) is 0 Å². The van der Waals surface area contributed by atoms with Crippen molar-refractivity contribution in [2.75, 3.05) is 0 Å². The molecule has 98 valence electrons. The lowest BCUT2D eigenvalue weighted by Crippen LogP contribution is -2.64. The minimum Gasteiger partial charge on any atom is -0.507 e. The summed E-state index contributed by atoms with van der Waals surface area (Å²) in [5.41, 5.74) is 5.61. The second-order valence-corrected chi connectivity index (χ2v) is 5.36. The van der Waals surface area contributed by atoms with Crippen LogP contribution in [-0.4, -0.2) is 28.2 Å². The molecule has 18 heavy (non-hydrogen) atoms. The van der Waals surface area contributed by atoms with Crippen LogP contribution in [0.25, 0.3) is 0 Å². The number of hydrogen-bond donors (Lipinski definition) is 4. The molecule has 0 spiro atoms. The van der Waals surface area contributed by atoms with Gasteiger partial charge >= 0.3 is 0 Å². The normalized spacial score (nSPS) is 25.3. The lowest BCUT2D eigenvalue weighted by atomic mass is 9.63. The van der Waals surface area contributed by atoms with Crippen molar-refractivity contribution in [2.24, 2.45) is 11.1 Å². The van der Waals surface area contributed by atoms with Gasteiger partial charge in [0.2, 0.25) is 0 Å². The molecule has 1 amide bonds. The quantitative estimate of drug-likeness (QED) is 0.628. The van der Waals surface area contributed by atoms with Crippen molar-refractivity contribution in [1.82, 2.24) is 5.32 Å². The molecule has 2 rings (SSSR count). The van der Waals surface area contributed by atoms with Crippen molar-refractivity contribution in [1.29, 1.82) is 0 Å². The summed E-state index contributed by atoms with van der Waals surface area (Å²) in [5, 5.41) is 22.0. The van der Waals surface area contributed by atoms with E-state index in [-0.39, 0.29) is 34.6 Å². The minimum absolute atomic E-state index is 0.0426. The highest BCUT2D eigenvalue weighted by atomic mass is 16.3. The first-order chi connectivity index (χ1) is 8.34. The number of phenols is 2. The predicted octanol–water partition coefficient (Wildman–Crippen LogP) is 0.953. The molecule has 5 N–H and O–H groups in total. The number of carbonyl (C=O) groups excluding carboxylic acids is 1. The SMILES string of the molecule is CC1(C)C(N)CC1NC(=O)c1c(O)cccc1O. The Bertz CT molecular complexity index is 465. The molecule has 0 bridgehead atoms. The van der Waals surface area contributed by atoms with Crippen LogP contribution in [0.5, 0.6) is 11.5 Å². The average Bonchev–Trinajstić information content (AvgIpc) is 2.28. The van der Waals surface area contributed by atoms with Gasteiger partial charge in [-0.1, -0.05) is 19.9 Å². The van der Waals surface area contributed by atoms with Crippen LogP contribution in [0.2, 0.25) is 0 Å². The maximum Gasteiger partial charge on any atom is 0.259 e. The van der Waals surface area contributed by atoms with Crippen molar-refractivity contribution in [3.63, 3.8) is 0 Å². The zero-order chi connectivity index (χ0) is 13.5. The molecule has 1 fully saturated rings. The van der Waals surface area contributed by atoms with Gasteiger partial charge in [-0.05, 0) is 18.6 Å². The fraction of sp³-hybridized carbons (Fsp3) is 0.462. The summed E-state index contributed by atoms with van der Waals surface area (Å²) in [5.74, 6) is -0.932. The molecular weight excluding hydrogens is 232 g/mol. The Balaban J connectivity index is 2.14. The third-order valence-electron chi connectivity index (χ3n) is 3.90. The lowest BCUT2D eigenvalue weighted by Gasteiger charge is -2.50. The van der Waals surface area contributed by atoms with E-state index < -0.39 is 5.91 Å². The summed E-state index contributed by atoms with van der Waals surface area (Å²) in [4.78, 5) is 12.0. The molecule has 0 radical (unpaired) electrons. The zero-order valence-electron chi connectivity index (χ0n) is 10.5. The number of aromatic hydroxyl groups is 2. The predicted molar refractivity (Wildman–Crippen MR) is 67.4 cm³/mol. The van der Waals surface area contributed by atoms with Crippen molar-refractivity contribution >= 4 is 5.91 Å². The maximum absolute atomic E-state index is 12.0. The van der Waals surface area contributed by atoms with Crippen LogP contribution in [0.1, 0.15) is 30.6 Å². The number of hydrogen-bond acceptors (Lipinski definition) is 4. The summed E-state index contributed by atoms with van der Waals surface area (Å²) in [6.07, 6.45) is 0.701. The molecule has 1 aromatic rings. The number of rotatable bonds is 2. The molecule has 1 aromatic carbocycles. The van der Waals surface area contributed by atoms with Crippen LogP contribution < -0.4 is 11.1 Å². The van der Waals surface area contributed by atoms with E-state index in [0.717, 1.165) is 0 Å². The minimum atomic E-state index is -0.476. The smallest absolute Gasteiger partial charge is 0.259 e. The summed E-state index contributed by atoms with van der Waals surface area (Å²) >= 11 is 0. The Kier molecular flexibility index (Phi) is 2.94. The van der Waals surface area contributed by atoms with E-state index in [1.807, 2.05) is 13.8 Å². The van der Waals surface area contributed by atoms with Crippen LogP contribution >= 0.6 is 0 Å². The van der Waals surface area contributed by atoms with Crippen LogP contribution in [0.15, 0.2) is 18.2 Å². The van der Waals surface area contributed by atoms with Gasteiger partial charge in [0.25, 0.3) is 5.91 Å². The van der Waals surface area contributed by atoms with E-state index in [1.54, 1.807) is 0 Å². The standard InChI is InChI=1S/C13H18N2O3/c1-13(2)9(14)6-10(13)15-12(18)11-7(16)4-3-5-8(11)17/h3-5,9-10,16-17H,6,14H2,1-2H3,(H,15,18). The number of amides is 1. The van der Waals surface area contributed by atoms with Gasteiger partial charge in [-0.15, -0.1) is 0 Å². The summed E-state index contributed by atoms with van der Waals surface area (Å²) in [6.45, 7) is 3.97. The molecule has 0 aromatic heterocycles. The van der Waals surface area contributed by atoms with Crippen molar-refractivity contribution in [3.05, 3.63) is 23.8 Å². The number of nitrogens with one attached hydrogen (secondary N) is 1. The highest BCUT2D eigenvalue weighted by molar-refractivity contribution is 5.99. The molecule has 5 nitrogen and oxygen atoms in total. The average molecular weight is 250 g/mol. The van der Waals surface area contributed by atoms with Gasteiger partial charge in [-0.2, -0.15) is 0 Å². The van der Waals surface area contributed by atoms with Crippen molar-refractivity contribution in [3.8, 4) is 11.5 Å². The number of carbonyl (C=O) groups is 1. The Morgan fingerprint density at radius 3 is 2.39 bits per heavy atom. The third kappa shape index (κ3) is 1.90. The van der Waals surface area contributed by atoms with E-state index in [9.17, 15) is 15.0 Å². The number of nitrogens with two attached hydrogens (primary N) is 1. The molecular formula is C13H18N2O3. The maximum atomic E-state index is 12.0. The fourth-order valence-corrected chi connectivity index (χ4v) is 2.20. The van der Waals surface area contributed by atoms with Gasteiger partial charge in [0, 0.05) is 17.5 Å². The highest BCUT2D eigenvalue weighted by Crippen LogP contribution is 2.39. The van der Waals surface area contributed by atoms with Crippen molar-refractivity contribution in [2.45, 2.75) is 32.4 Å². The zero-order valence-corrected chi connectivity index (χ0v) is 10.5.